The highest BCUT2D eigenvalue weighted by atomic mass is 16.5. The van der Waals surface area contributed by atoms with Gasteiger partial charge in [0.05, 0.1) is 31.1 Å². The van der Waals surface area contributed by atoms with E-state index in [1.807, 2.05) is 42.5 Å². The number of nitrogen functional groups attached to an aromatic ring is 1. The molecular weight excluding hydrogens is 240 g/mol. The highest BCUT2D eigenvalue weighted by Gasteiger charge is 2.11. The summed E-state index contributed by atoms with van der Waals surface area (Å²) in [5.74, 6) is 0.711. The van der Waals surface area contributed by atoms with Crippen molar-refractivity contribution in [2.75, 3.05) is 24.8 Å². The fourth-order valence-corrected chi connectivity index (χ4v) is 1.91. The van der Waals surface area contributed by atoms with Crippen LogP contribution in [0, 0.1) is 0 Å². The minimum Gasteiger partial charge on any atom is -0.497 e. The van der Waals surface area contributed by atoms with Crippen LogP contribution in [0.25, 0.3) is 0 Å². The van der Waals surface area contributed by atoms with Gasteiger partial charge in [-0.3, -0.25) is 0 Å². The Morgan fingerprint density at radius 1 is 1.21 bits per heavy atom. The predicted octanol–water partition coefficient (Wildman–Crippen LogP) is 2.42. The smallest absolute Gasteiger partial charge is 0.121 e. The number of hydrogen-bond donors (Lipinski definition) is 3. The number of benzene rings is 2. The van der Waals surface area contributed by atoms with Crippen LogP contribution in [0.2, 0.25) is 0 Å². The molecule has 0 spiro atoms. The number of hydrogen-bond acceptors (Lipinski definition) is 4. The molecular formula is C15H18N2O2. The van der Waals surface area contributed by atoms with Crippen LogP contribution in [0.15, 0.2) is 48.5 Å². The third kappa shape index (κ3) is 3.17. The van der Waals surface area contributed by atoms with Gasteiger partial charge in [0.2, 0.25) is 0 Å². The Morgan fingerprint density at radius 2 is 1.95 bits per heavy atom. The number of aliphatic hydroxyl groups excluding tert-OH is 1. The Morgan fingerprint density at radius 3 is 2.53 bits per heavy atom. The average molecular weight is 258 g/mol. The van der Waals surface area contributed by atoms with Crippen molar-refractivity contribution in [1.82, 2.24) is 0 Å². The molecule has 0 radical (unpaired) electrons. The SMILES string of the molecule is COc1ccc(NC(CO)c2ccccc2)c(N)c1. The third-order valence-corrected chi connectivity index (χ3v) is 2.97. The van der Waals surface area contributed by atoms with Crippen LogP contribution in [0.4, 0.5) is 11.4 Å². The molecule has 0 aromatic heterocycles. The standard InChI is InChI=1S/C15H18N2O2/c1-19-12-7-8-14(13(16)9-12)17-15(10-18)11-5-3-2-4-6-11/h2-9,15,17-18H,10,16H2,1H3. The van der Waals surface area contributed by atoms with E-state index in [-0.39, 0.29) is 12.6 Å². The summed E-state index contributed by atoms with van der Waals surface area (Å²) >= 11 is 0. The van der Waals surface area contributed by atoms with Crippen molar-refractivity contribution in [3.63, 3.8) is 0 Å². The van der Waals surface area contributed by atoms with Gasteiger partial charge >= 0.3 is 0 Å². The Balaban J connectivity index is 2.19. The quantitative estimate of drug-likeness (QED) is 0.720. The highest BCUT2D eigenvalue weighted by Crippen LogP contribution is 2.27. The molecule has 0 aliphatic carbocycles. The van der Waals surface area contributed by atoms with E-state index in [0.717, 1.165) is 11.3 Å². The Bertz CT molecular complexity index is 529. The van der Waals surface area contributed by atoms with Crippen molar-refractivity contribution in [1.29, 1.82) is 0 Å². The zero-order valence-electron chi connectivity index (χ0n) is 10.8. The molecule has 1 unspecified atom stereocenters. The Kier molecular flexibility index (Phi) is 4.26. The molecule has 2 rings (SSSR count). The lowest BCUT2D eigenvalue weighted by molar-refractivity contribution is 0.276. The van der Waals surface area contributed by atoms with Crippen LogP contribution in [0.3, 0.4) is 0 Å². The van der Waals surface area contributed by atoms with Crippen LogP contribution in [0.5, 0.6) is 5.75 Å². The molecule has 0 aliphatic rings. The number of anilines is 2. The summed E-state index contributed by atoms with van der Waals surface area (Å²) in [6.45, 7) is -0.00448. The zero-order chi connectivity index (χ0) is 13.7. The van der Waals surface area contributed by atoms with E-state index in [0.29, 0.717) is 11.4 Å². The number of nitrogens with one attached hydrogen (secondary N) is 1. The van der Waals surface area contributed by atoms with Crippen molar-refractivity contribution in [3.05, 3.63) is 54.1 Å². The monoisotopic (exact) mass is 258 g/mol. The molecule has 4 nitrogen and oxygen atoms in total. The number of methoxy groups -OCH3 is 1. The molecule has 19 heavy (non-hydrogen) atoms. The third-order valence-electron chi connectivity index (χ3n) is 2.97. The molecule has 2 aromatic carbocycles. The molecule has 2 aromatic rings. The molecule has 0 bridgehead atoms. The summed E-state index contributed by atoms with van der Waals surface area (Å²) in [4.78, 5) is 0. The Hall–Kier alpha value is -2.20. The first-order valence-corrected chi connectivity index (χ1v) is 6.10. The van der Waals surface area contributed by atoms with Crippen molar-refractivity contribution in [2.24, 2.45) is 0 Å². The zero-order valence-corrected chi connectivity index (χ0v) is 10.8. The number of nitrogens with two attached hydrogens (primary N) is 1. The lowest BCUT2D eigenvalue weighted by atomic mass is 10.1. The molecule has 1 atom stereocenters. The van der Waals surface area contributed by atoms with E-state index >= 15 is 0 Å². The van der Waals surface area contributed by atoms with Gasteiger partial charge in [0.25, 0.3) is 0 Å². The van der Waals surface area contributed by atoms with E-state index in [4.69, 9.17) is 10.5 Å². The van der Waals surface area contributed by atoms with Gasteiger partial charge in [-0.25, -0.2) is 0 Å². The second-order valence-corrected chi connectivity index (χ2v) is 4.24. The largest absolute Gasteiger partial charge is 0.497 e. The summed E-state index contributed by atoms with van der Waals surface area (Å²) in [6, 6.07) is 15.0. The van der Waals surface area contributed by atoms with Crippen LogP contribution < -0.4 is 15.8 Å². The molecule has 0 amide bonds. The summed E-state index contributed by atoms with van der Waals surface area (Å²) in [7, 11) is 1.60. The van der Waals surface area contributed by atoms with Gasteiger partial charge in [0.15, 0.2) is 0 Å². The highest BCUT2D eigenvalue weighted by molar-refractivity contribution is 5.68. The fourth-order valence-electron chi connectivity index (χ4n) is 1.91. The van der Waals surface area contributed by atoms with Gasteiger partial charge in [0, 0.05) is 6.07 Å². The topological polar surface area (TPSA) is 67.5 Å². The molecule has 100 valence electrons. The lowest BCUT2D eigenvalue weighted by Crippen LogP contribution is -2.15. The fraction of sp³-hybridized carbons (Fsp3) is 0.200. The first-order chi connectivity index (χ1) is 9.24. The van der Waals surface area contributed by atoms with Gasteiger partial charge in [-0.2, -0.15) is 0 Å². The van der Waals surface area contributed by atoms with Crippen LogP contribution in [-0.4, -0.2) is 18.8 Å². The molecule has 4 N–H and O–H groups in total. The first-order valence-electron chi connectivity index (χ1n) is 6.10. The van der Waals surface area contributed by atoms with Gasteiger partial charge in [-0.1, -0.05) is 30.3 Å². The van der Waals surface area contributed by atoms with E-state index in [1.54, 1.807) is 13.2 Å². The van der Waals surface area contributed by atoms with Crippen molar-refractivity contribution in [3.8, 4) is 5.75 Å². The van der Waals surface area contributed by atoms with Crippen LogP contribution >= 0.6 is 0 Å². The summed E-state index contributed by atoms with van der Waals surface area (Å²) in [6.07, 6.45) is 0. The molecule has 0 saturated carbocycles. The normalized spacial score (nSPS) is 11.9. The molecule has 0 heterocycles. The molecule has 0 fully saturated rings. The number of aliphatic hydroxyl groups is 1. The minimum atomic E-state index is -0.183. The van der Waals surface area contributed by atoms with Gasteiger partial charge in [-0.05, 0) is 17.7 Å². The maximum Gasteiger partial charge on any atom is 0.121 e. The summed E-state index contributed by atoms with van der Waals surface area (Å²) in [5.41, 5.74) is 8.34. The van der Waals surface area contributed by atoms with E-state index in [9.17, 15) is 5.11 Å². The number of rotatable bonds is 5. The van der Waals surface area contributed by atoms with E-state index in [1.165, 1.54) is 0 Å². The predicted molar refractivity (Wildman–Crippen MR) is 77.3 cm³/mol. The average Bonchev–Trinajstić information content (AvgIpc) is 2.47. The minimum absolute atomic E-state index is 0.00448. The molecule has 0 aliphatic heterocycles. The molecule has 0 saturated heterocycles. The van der Waals surface area contributed by atoms with E-state index in [2.05, 4.69) is 5.32 Å². The van der Waals surface area contributed by atoms with Crippen LogP contribution in [0.1, 0.15) is 11.6 Å². The Labute approximate surface area is 112 Å². The van der Waals surface area contributed by atoms with Gasteiger partial charge < -0.3 is 20.9 Å². The lowest BCUT2D eigenvalue weighted by Gasteiger charge is -2.19. The summed E-state index contributed by atoms with van der Waals surface area (Å²) < 4.78 is 5.11. The first kappa shape index (κ1) is 13.2. The van der Waals surface area contributed by atoms with Crippen molar-refractivity contribution in [2.45, 2.75) is 6.04 Å². The maximum absolute atomic E-state index is 9.50. The summed E-state index contributed by atoms with van der Waals surface area (Å²) in [5, 5.41) is 12.7. The number of ether oxygens (including phenoxy) is 1. The van der Waals surface area contributed by atoms with Gasteiger partial charge in [-0.15, -0.1) is 0 Å². The van der Waals surface area contributed by atoms with Crippen LogP contribution in [-0.2, 0) is 0 Å². The van der Waals surface area contributed by atoms with Crippen molar-refractivity contribution < 1.29 is 9.84 Å². The molecule has 4 heteroatoms. The van der Waals surface area contributed by atoms with Gasteiger partial charge in [0.1, 0.15) is 5.75 Å². The second-order valence-electron chi connectivity index (χ2n) is 4.24. The van der Waals surface area contributed by atoms with Crippen molar-refractivity contribution >= 4 is 11.4 Å². The van der Waals surface area contributed by atoms with E-state index < -0.39 is 0 Å². The second kappa shape index (κ2) is 6.11. The maximum atomic E-state index is 9.50.